The highest BCUT2D eigenvalue weighted by Crippen LogP contribution is 2.27. The third-order valence-corrected chi connectivity index (χ3v) is 5.22. The van der Waals surface area contributed by atoms with Gasteiger partial charge < -0.3 is 14.4 Å². The van der Waals surface area contributed by atoms with Gasteiger partial charge in [-0.15, -0.1) is 0 Å². The number of carboxylic acids is 1. The third kappa shape index (κ3) is 4.78. The summed E-state index contributed by atoms with van der Waals surface area (Å²) < 4.78 is 7.91. The lowest BCUT2D eigenvalue weighted by atomic mass is 10.1. The maximum Gasteiger partial charge on any atom is 0.303 e. The molecule has 0 spiro atoms. The van der Waals surface area contributed by atoms with Crippen LogP contribution in [-0.4, -0.2) is 27.2 Å². The van der Waals surface area contributed by atoms with Crippen LogP contribution >= 0.6 is 23.2 Å². The van der Waals surface area contributed by atoms with E-state index in [1.165, 1.54) is 0 Å². The molecule has 28 heavy (non-hydrogen) atoms. The first-order valence-electron chi connectivity index (χ1n) is 9.11. The van der Waals surface area contributed by atoms with Gasteiger partial charge in [0.15, 0.2) is 0 Å². The summed E-state index contributed by atoms with van der Waals surface area (Å²) in [6.45, 7) is 5.08. The number of benzene rings is 2. The number of rotatable bonds is 8. The fourth-order valence-corrected chi connectivity index (χ4v) is 3.71. The molecule has 0 saturated heterocycles. The summed E-state index contributed by atoms with van der Waals surface area (Å²) in [6, 6.07) is 9.45. The largest absolute Gasteiger partial charge is 0.493 e. The molecule has 0 unspecified atom stereocenters. The summed E-state index contributed by atoms with van der Waals surface area (Å²) in [5.74, 6) is 0.831. The Morgan fingerprint density at radius 3 is 2.71 bits per heavy atom. The van der Waals surface area contributed by atoms with Crippen molar-refractivity contribution in [2.45, 2.75) is 39.7 Å². The second-order valence-electron chi connectivity index (χ2n) is 6.75. The highest BCUT2D eigenvalue weighted by atomic mass is 35.5. The van der Waals surface area contributed by atoms with E-state index in [-0.39, 0.29) is 6.42 Å². The number of nitrogens with zero attached hydrogens (tertiary/aromatic N) is 2. The molecule has 1 heterocycles. The molecule has 0 amide bonds. The summed E-state index contributed by atoms with van der Waals surface area (Å²) in [5, 5.41) is 10.0. The number of hydrogen-bond acceptors (Lipinski definition) is 3. The lowest BCUT2D eigenvalue weighted by molar-refractivity contribution is -0.137. The van der Waals surface area contributed by atoms with E-state index in [2.05, 4.69) is 4.57 Å². The van der Waals surface area contributed by atoms with Gasteiger partial charge >= 0.3 is 5.97 Å². The number of carbonyl (C=O) groups is 1. The number of fused-ring (bicyclic) bond motifs is 1. The Morgan fingerprint density at radius 2 is 2.00 bits per heavy atom. The maximum atomic E-state index is 10.6. The molecule has 3 aromatic rings. The Morgan fingerprint density at radius 1 is 1.21 bits per heavy atom. The number of hydrogen-bond donors (Lipinski definition) is 1. The fraction of sp³-hybridized carbons (Fsp3) is 0.333. The van der Waals surface area contributed by atoms with Crippen molar-refractivity contribution in [3.8, 4) is 5.75 Å². The van der Waals surface area contributed by atoms with Crippen LogP contribution in [0.25, 0.3) is 11.0 Å². The summed E-state index contributed by atoms with van der Waals surface area (Å²) in [4.78, 5) is 15.3. The number of aromatic nitrogens is 2. The summed E-state index contributed by atoms with van der Waals surface area (Å²) in [7, 11) is 0. The van der Waals surface area contributed by atoms with Gasteiger partial charge in [0.1, 0.15) is 11.6 Å². The quantitative estimate of drug-likeness (QED) is 0.492. The van der Waals surface area contributed by atoms with Crippen molar-refractivity contribution >= 4 is 40.2 Å². The molecule has 5 nitrogen and oxygen atoms in total. The van der Waals surface area contributed by atoms with Crippen LogP contribution in [0.5, 0.6) is 5.75 Å². The molecule has 0 aliphatic rings. The number of ether oxygens (including phenoxy) is 1. The van der Waals surface area contributed by atoms with Gasteiger partial charge in [-0.2, -0.15) is 0 Å². The zero-order chi connectivity index (χ0) is 20.3. The van der Waals surface area contributed by atoms with E-state index in [1.54, 1.807) is 6.07 Å². The molecule has 0 radical (unpaired) electrons. The normalized spacial score (nSPS) is 11.1. The number of imidazole rings is 1. The van der Waals surface area contributed by atoms with Crippen LogP contribution in [0.4, 0.5) is 0 Å². The van der Waals surface area contributed by atoms with E-state index in [0.717, 1.165) is 46.7 Å². The monoisotopic (exact) mass is 420 g/mol. The minimum Gasteiger partial charge on any atom is -0.493 e. The van der Waals surface area contributed by atoms with Gasteiger partial charge in [0.05, 0.1) is 17.6 Å². The molecule has 0 aliphatic carbocycles. The lowest BCUT2D eigenvalue weighted by Crippen LogP contribution is -2.05. The van der Waals surface area contributed by atoms with Gasteiger partial charge in [0.25, 0.3) is 0 Å². The Kier molecular flexibility index (Phi) is 6.47. The maximum absolute atomic E-state index is 10.6. The zero-order valence-electron chi connectivity index (χ0n) is 15.8. The van der Waals surface area contributed by atoms with Crippen molar-refractivity contribution in [2.24, 2.45) is 0 Å². The second kappa shape index (κ2) is 8.84. The molecule has 3 rings (SSSR count). The standard InChI is InChI=1S/C21H22Cl2N2O3/c1-13-10-17(28-9-3-4-20(26)27)12-19-21(13)24-14(2)25(19)8-7-15-5-6-16(22)11-18(15)23/h5-6,10-12H,3-4,7-9H2,1-2H3,(H,26,27). The molecule has 2 aromatic carbocycles. The van der Waals surface area contributed by atoms with E-state index in [9.17, 15) is 4.79 Å². The van der Waals surface area contributed by atoms with Crippen LogP contribution in [0, 0.1) is 13.8 Å². The zero-order valence-corrected chi connectivity index (χ0v) is 17.3. The molecule has 0 bridgehead atoms. The van der Waals surface area contributed by atoms with Gasteiger partial charge in [-0.3, -0.25) is 4.79 Å². The summed E-state index contributed by atoms with van der Waals surface area (Å²) >= 11 is 12.3. The molecule has 0 saturated carbocycles. The topological polar surface area (TPSA) is 64.3 Å². The lowest BCUT2D eigenvalue weighted by Gasteiger charge is -2.11. The van der Waals surface area contributed by atoms with Crippen molar-refractivity contribution < 1.29 is 14.6 Å². The van der Waals surface area contributed by atoms with Crippen LogP contribution in [0.15, 0.2) is 30.3 Å². The predicted octanol–water partition coefficient (Wildman–Crippen LogP) is 5.45. The minimum atomic E-state index is -0.815. The average Bonchev–Trinajstić information content (AvgIpc) is 2.94. The van der Waals surface area contributed by atoms with E-state index < -0.39 is 5.97 Å². The Labute approximate surface area is 173 Å². The van der Waals surface area contributed by atoms with Crippen molar-refractivity contribution in [2.75, 3.05) is 6.61 Å². The number of aliphatic carboxylic acids is 1. The molecular weight excluding hydrogens is 399 g/mol. The fourth-order valence-electron chi connectivity index (χ4n) is 3.21. The Hall–Kier alpha value is -2.24. The molecule has 148 valence electrons. The first-order chi connectivity index (χ1) is 13.3. The molecule has 1 N–H and O–H groups in total. The number of carboxylic acid groups (broad SMARTS) is 1. The van der Waals surface area contributed by atoms with Gasteiger partial charge in [-0.05, 0) is 56.0 Å². The Balaban J connectivity index is 1.81. The molecule has 0 aliphatic heterocycles. The van der Waals surface area contributed by atoms with Gasteiger partial charge in [-0.25, -0.2) is 4.98 Å². The molecule has 0 atom stereocenters. The van der Waals surface area contributed by atoms with Gasteiger partial charge in [-0.1, -0.05) is 29.3 Å². The first-order valence-corrected chi connectivity index (χ1v) is 9.86. The number of aryl methyl sites for hydroxylation is 4. The van der Waals surface area contributed by atoms with E-state index in [0.29, 0.717) is 23.1 Å². The van der Waals surface area contributed by atoms with Crippen molar-refractivity contribution in [3.63, 3.8) is 0 Å². The molecule has 1 aromatic heterocycles. The predicted molar refractivity (Wildman–Crippen MR) is 112 cm³/mol. The van der Waals surface area contributed by atoms with Gasteiger partial charge in [0, 0.05) is 29.1 Å². The number of halogens is 2. The second-order valence-corrected chi connectivity index (χ2v) is 7.59. The van der Waals surface area contributed by atoms with Crippen molar-refractivity contribution in [3.05, 3.63) is 57.3 Å². The summed E-state index contributed by atoms with van der Waals surface area (Å²) in [5.41, 5.74) is 4.00. The van der Waals surface area contributed by atoms with Crippen LogP contribution < -0.4 is 4.74 Å². The van der Waals surface area contributed by atoms with Crippen molar-refractivity contribution in [1.82, 2.24) is 9.55 Å². The van der Waals surface area contributed by atoms with Crippen LogP contribution in [-0.2, 0) is 17.8 Å². The van der Waals surface area contributed by atoms with E-state index >= 15 is 0 Å². The van der Waals surface area contributed by atoms with Crippen molar-refractivity contribution in [1.29, 1.82) is 0 Å². The van der Waals surface area contributed by atoms with E-state index in [4.69, 9.17) is 38.0 Å². The van der Waals surface area contributed by atoms with E-state index in [1.807, 2.05) is 38.1 Å². The molecule has 0 fully saturated rings. The smallest absolute Gasteiger partial charge is 0.303 e. The minimum absolute atomic E-state index is 0.0973. The molecule has 7 heteroatoms. The van der Waals surface area contributed by atoms with Crippen LogP contribution in [0.3, 0.4) is 0 Å². The Bertz CT molecular complexity index is 1010. The highest BCUT2D eigenvalue weighted by molar-refractivity contribution is 6.35. The molecular formula is C21H22Cl2N2O3. The summed E-state index contributed by atoms with van der Waals surface area (Å²) in [6.07, 6.45) is 1.32. The van der Waals surface area contributed by atoms with Crippen LogP contribution in [0.2, 0.25) is 10.0 Å². The third-order valence-electron chi connectivity index (χ3n) is 4.63. The first kappa shape index (κ1) is 20.5. The average molecular weight is 421 g/mol. The van der Waals surface area contributed by atoms with Gasteiger partial charge in [0.2, 0.25) is 0 Å². The SMILES string of the molecule is Cc1cc(OCCCC(=O)O)cc2c1nc(C)n2CCc1ccc(Cl)cc1Cl. The highest BCUT2D eigenvalue weighted by Gasteiger charge is 2.13. The van der Waals surface area contributed by atoms with Crippen LogP contribution in [0.1, 0.15) is 29.8 Å².